The maximum absolute atomic E-state index is 6.37. The molecule has 0 atom stereocenters. The molecule has 12 rings (SSSR count). The van der Waals surface area contributed by atoms with E-state index in [4.69, 9.17) is 4.74 Å². The number of para-hydroxylation sites is 1. The Balaban J connectivity index is 0.931. The van der Waals surface area contributed by atoms with Crippen LogP contribution in [-0.2, 0) is 0 Å². The third-order valence-corrected chi connectivity index (χ3v) is 12.4. The lowest BCUT2D eigenvalue weighted by molar-refractivity contribution is 0.487. The number of rotatable bonds is 7. The molecule has 290 valence electrons. The molecule has 2 heteroatoms. The Morgan fingerprint density at radius 1 is 0.258 bits per heavy atom. The van der Waals surface area contributed by atoms with Crippen LogP contribution in [0, 0.1) is 0 Å². The first-order valence-electron chi connectivity index (χ1n) is 21.2. The smallest absolute Gasteiger partial charge is 0.135 e. The second-order valence-corrected chi connectivity index (χ2v) is 16.1. The molecule has 11 aromatic rings. The highest BCUT2D eigenvalue weighted by atomic mass is 16.5. The zero-order valence-corrected chi connectivity index (χ0v) is 33.9. The van der Waals surface area contributed by atoms with Crippen molar-refractivity contribution in [3.05, 3.63) is 237 Å². The molecule has 11 aromatic carbocycles. The minimum absolute atomic E-state index is 0.890. The lowest BCUT2D eigenvalue weighted by atomic mass is 9.90. The molecule has 0 saturated carbocycles. The van der Waals surface area contributed by atoms with Gasteiger partial charge in [-0.15, -0.1) is 0 Å². The van der Waals surface area contributed by atoms with Crippen molar-refractivity contribution in [2.24, 2.45) is 0 Å². The highest BCUT2D eigenvalue weighted by Gasteiger charge is 2.21. The molecular weight excluding hydrogens is 751 g/mol. The summed E-state index contributed by atoms with van der Waals surface area (Å²) in [7, 11) is 0. The predicted molar refractivity (Wildman–Crippen MR) is 261 cm³/mol. The standard InChI is InChI=1S/C60H39NO/c1-2-12-46-36-48(27-24-40(46)10-1)43-30-34-52(35-31-43)61(51-32-28-42(29-33-51)41-22-25-45(26-23-41)55-19-8-13-44-11-3-4-17-54(44)55)53-16-7-14-47(38-53)50-37-49-15-9-21-59-60(49)57(39-50)56-18-5-6-20-58(56)62-59/h1-39H. The Hall–Kier alpha value is -8.20. The van der Waals surface area contributed by atoms with Gasteiger partial charge in [0.2, 0.25) is 0 Å². The first-order chi connectivity index (χ1) is 30.7. The van der Waals surface area contributed by atoms with Crippen LogP contribution >= 0.6 is 0 Å². The normalized spacial score (nSPS) is 11.7. The van der Waals surface area contributed by atoms with Crippen LogP contribution in [0.25, 0.3) is 88.0 Å². The van der Waals surface area contributed by atoms with Crippen molar-refractivity contribution in [3.63, 3.8) is 0 Å². The first kappa shape index (κ1) is 35.7. The average molecular weight is 790 g/mol. The van der Waals surface area contributed by atoms with E-state index in [1.807, 2.05) is 6.07 Å². The molecule has 0 unspecified atom stereocenters. The van der Waals surface area contributed by atoms with Crippen LogP contribution in [0.1, 0.15) is 0 Å². The fourth-order valence-electron chi connectivity index (χ4n) is 9.32. The minimum atomic E-state index is 0.890. The molecule has 0 bridgehead atoms. The number of ether oxygens (including phenoxy) is 1. The van der Waals surface area contributed by atoms with E-state index in [1.54, 1.807) is 0 Å². The van der Waals surface area contributed by atoms with Gasteiger partial charge in [-0.3, -0.25) is 0 Å². The molecule has 0 saturated heterocycles. The number of anilines is 3. The molecule has 0 aromatic heterocycles. The number of nitrogens with zero attached hydrogens (tertiary/aromatic N) is 1. The monoisotopic (exact) mass is 789 g/mol. The van der Waals surface area contributed by atoms with E-state index in [1.165, 1.54) is 60.5 Å². The Labute approximate surface area is 361 Å². The molecule has 0 fully saturated rings. The summed E-state index contributed by atoms with van der Waals surface area (Å²) in [6.45, 7) is 0. The summed E-state index contributed by atoms with van der Waals surface area (Å²) in [4.78, 5) is 2.37. The maximum Gasteiger partial charge on any atom is 0.135 e. The largest absolute Gasteiger partial charge is 0.456 e. The molecular formula is C60H39NO. The molecule has 1 heterocycles. The van der Waals surface area contributed by atoms with Gasteiger partial charge in [-0.05, 0) is 144 Å². The third-order valence-electron chi connectivity index (χ3n) is 12.4. The van der Waals surface area contributed by atoms with Gasteiger partial charge < -0.3 is 9.64 Å². The topological polar surface area (TPSA) is 12.5 Å². The second kappa shape index (κ2) is 14.8. The van der Waals surface area contributed by atoms with Crippen molar-refractivity contribution in [2.45, 2.75) is 0 Å². The van der Waals surface area contributed by atoms with Crippen LogP contribution in [-0.4, -0.2) is 0 Å². The van der Waals surface area contributed by atoms with E-state index in [2.05, 4.69) is 235 Å². The van der Waals surface area contributed by atoms with Crippen molar-refractivity contribution in [3.8, 4) is 67.1 Å². The molecule has 1 aliphatic rings. The SMILES string of the molecule is c1cc(-c2cc3c4c(cccc4c2)Oc2ccccc2-3)cc(N(c2ccc(-c3ccc(-c4cccc5ccccc45)cc3)cc2)c2ccc(-c3ccc4ccccc4c3)cc2)c1. The Kier molecular flexibility index (Phi) is 8.53. The number of hydrogen-bond acceptors (Lipinski definition) is 2. The summed E-state index contributed by atoms with van der Waals surface area (Å²) in [5.41, 5.74) is 15.1. The van der Waals surface area contributed by atoms with Gasteiger partial charge in [-0.1, -0.05) is 170 Å². The van der Waals surface area contributed by atoms with Gasteiger partial charge in [0.1, 0.15) is 11.5 Å². The molecule has 62 heavy (non-hydrogen) atoms. The van der Waals surface area contributed by atoms with Gasteiger partial charge in [-0.2, -0.15) is 0 Å². The Morgan fingerprint density at radius 2 is 0.790 bits per heavy atom. The highest BCUT2D eigenvalue weighted by Crippen LogP contribution is 2.48. The summed E-state index contributed by atoms with van der Waals surface area (Å²) in [5.74, 6) is 1.79. The van der Waals surface area contributed by atoms with Crippen molar-refractivity contribution < 1.29 is 4.74 Å². The van der Waals surface area contributed by atoms with Crippen LogP contribution in [0.5, 0.6) is 11.5 Å². The van der Waals surface area contributed by atoms with Crippen LogP contribution in [0.3, 0.4) is 0 Å². The van der Waals surface area contributed by atoms with Gasteiger partial charge in [-0.25, -0.2) is 0 Å². The van der Waals surface area contributed by atoms with Crippen LogP contribution in [0.15, 0.2) is 237 Å². The number of benzene rings is 11. The lowest BCUT2D eigenvalue weighted by Crippen LogP contribution is -2.10. The van der Waals surface area contributed by atoms with E-state index < -0.39 is 0 Å². The van der Waals surface area contributed by atoms with E-state index in [0.717, 1.165) is 56.0 Å². The molecule has 2 nitrogen and oxygen atoms in total. The van der Waals surface area contributed by atoms with Crippen LogP contribution < -0.4 is 9.64 Å². The van der Waals surface area contributed by atoms with Crippen molar-refractivity contribution >= 4 is 49.4 Å². The van der Waals surface area contributed by atoms with Crippen molar-refractivity contribution in [1.82, 2.24) is 0 Å². The zero-order chi connectivity index (χ0) is 41.0. The molecule has 0 spiro atoms. The summed E-state index contributed by atoms with van der Waals surface area (Å²) in [6, 6.07) is 85.5. The molecule has 0 amide bonds. The Morgan fingerprint density at radius 3 is 1.60 bits per heavy atom. The maximum atomic E-state index is 6.37. The average Bonchev–Trinajstić information content (AvgIpc) is 3.34. The summed E-state index contributed by atoms with van der Waals surface area (Å²) < 4.78 is 6.37. The molecule has 0 aliphatic carbocycles. The van der Waals surface area contributed by atoms with Crippen LogP contribution in [0.2, 0.25) is 0 Å². The Bertz CT molecular complexity index is 3470. The van der Waals surface area contributed by atoms with Gasteiger partial charge >= 0.3 is 0 Å². The van der Waals surface area contributed by atoms with E-state index in [9.17, 15) is 0 Å². The van der Waals surface area contributed by atoms with Crippen molar-refractivity contribution in [1.29, 1.82) is 0 Å². The number of hydrogen-bond donors (Lipinski definition) is 0. The summed E-state index contributed by atoms with van der Waals surface area (Å²) in [6.07, 6.45) is 0. The molecule has 0 radical (unpaired) electrons. The third kappa shape index (κ3) is 6.29. The van der Waals surface area contributed by atoms with Crippen LogP contribution in [0.4, 0.5) is 17.1 Å². The summed E-state index contributed by atoms with van der Waals surface area (Å²) >= 11 is 0. The predicted octanol–water partition coefficient (Wildman–Crippen LogP) is 17.1. The zero-order valence-electron chi connectivity index (χ0n) is 33.9. The lowest BCUT2D eigenvalue weighted by Gasteiger charge is -2.27. The summed E-state index contributed by atoms with van der Waals surface area (Å²) in [5, 5.41) is 7.33. The van der Waals surface area contributed by atoms with E-state index >= 15 is 0 Å². The fraction of sp³-hybridized carbons (Fsp3) is 0. The fourth-order valence-corrected chi connectivity index (χ4v) is 9.32. The molecule has 1 aliphatic heterocycles. The quantitative estimate of drug-likeness (QED) is 0.159. The first-order valence-corrected chi connectivity index (χ1v) is 21.2. The minimum Gasteiger partial charge on any atom is -0.456 e. The second-order valence-electron chi connectivity index (χ2n) is 16.1. The highest BCUT2D eigenvalue weighted by molar-refractivity contribution is 6.06. The van der Waals surface area contributed by atoms with Gasteiger partial charge in [0.05, 0.1) is 0 Å². The molecule has 0 N–H and O–H groups in total. The van der Waals surface area contributed by atoms with Crippen molar-refractivity contribution in [2.75, 3.05) is 4.90 Å². The van der Waals surface area contributed by atoms with Gasteiger partial charge in [0, 0.05) is 28.0 Å². The van der Waals surface area contributed by atoms with E-state index in [-0.39, 0.29) is 0 Å². The van der Waals surface area contributed by atoms with E-state index in [0.29, 0.717) is 0 Å². The number of fused-ring (bicyclic) bond motifs is 4. The van der Waals surface area contributed by atoms with Gasteiger partial charge in [0.15, 0.2) is 0 Å². The van der Waals surface area contributed by atoms with Gasteiger partial charge in [0.25, 0.3) is 0 Å².